The third-order valence-corrected chi connectivity index (χ3v) is 6.74. The van der Waals surface area contributed by atoms with Crippen molar-refractivity contribution in [1.29, 1.82) is 0 Å². The van der Waals surface area contributed by atoms with Crippen molar-refractivity contribution in [3.63, 3.8) is 0 Å². The Morgan fingerprint density at radius 2 is 1.92 bits per heavy atom. The summed E-state index contributed by atoms with van der Waals surface area (Å²) in [6.45, 7) is 0.239. The quantitative estimate of drug-likeness (QED) is 0.299. The number of ether oxygens (including phenoxy) is 3. The number of hydrogen-bond donors (Lipinski definition) is 2. The minimum atomic E-state index is -2.90. The molecular weight excluding hydrogens is 506 g/mol. The van der Waals surface area contributed by atoms with Crippen molar-refractivity contribution in [3.8, 4) is 28.5 Å². The zero-order chi connectivity index (χ0) is 26.8. The van der Waals surface area contributed by atoms with E-state index in [2.05, 4.69) is 24.9 Å². The van der Waals surface area contributed by atoms with Gasteiger partial charge in [0.15, 0.2) is 0 Å². The van der Waals surface area contributed by atoms with Crippen molar-refractivity contribution in [2.75, 3.05) is 36.5 Å². The summed E-state index contributed by atoms with van der Waals surface area (Å²) in [5.41, 5.74) is 5.82. The van der Waals surface area contributed by atoms with E-state index in [-0.39, 0.29) is 11.3 Å². The Hall–Kier alpha value is -4.44. The Bertz CT molecular complexity index is 1550. The van der Waals surface area contributed by atoms with E-state index in [4.69, 9.17) is 9.47 Å². The molecule has 4 heterocycles. The van der Waals surface area contributed by atoms with Gasteiger partial charge in [-0.05, 0) is 47.5 Å². The van der Waals surface area contributed by atoms with E-state index in [1.165, 1.54) is 12.3 Å². The molecule has 2 aliphatic heterocycles. The lowest BCUT2D eigenvalue weighted by atomic mass is 9.96. The lowest BCUT2D eigenvalue weighted by Crippen LogP contribution is -2.36. The van der Waals surface area contributed by atoms with Gasteiger partial charge in [-0.3, -0.25) is 9.78 Å². The molecule has 2 aliphatic rings. The van der Waals surface area contributed by atoms with Crippen LogP contribution in [0.2, 0.25) is 0 Å². The number of alkyl halides is 2. The minimum absolute atomic E-state index is 0.0207. The molecule has 10 heteroatoms. The zero-order valence-electron chi connectivity index (χ0n) is 21.0. The van der Waals surface area contributed by atoms with E-state index in [1.807, 2.05) is 42.5 Å². The Morgan fingerprint density at radius 3 is 2.77 bits per heavy atom. The van der Waals surface area contributed by atoms with Crippen LogP contribution in [0, 0.1) is 0 Å². The number of rotatable bonds is 7. The second-order valence-corrected chi connectivity index (χ2v) is 9.37. The molecule has 2 N–H and O–H groups in total. The molecule has 0 aliphatic carbocycles. The first-order valence-corrected chi connectivity index (χ1v) is 12.6. The van der Waals surface area contributed by atoms with Gasteiger partial charge in [0.2, 0.25) is 5.56 Å². The number of hydrogen-bond acceptors (Lipinski definition) is 7. The highest BCUT2D eigenvalue weighted by Gasteiger charge is 2.22. The molecule has 1 fully saturated rings. The molecule has 200 valence electrons. The average Bonchev–Trinajstić information content (AvgIpc) is 2.94. The Labute approximate surface area is 223 Å². The molecule has 6 rings (SSSR count). The van der Waals surface area contributed by atoms with Crippen molar-refractivity contribution < 1.29 is 23.0 Å². The third-order valence-electron chi connectivity index (χ3n) is 6.74. The predicted octanol–water partition coefficient (Wildman–Crippen LogP) is 5.18. The first-order chi connectivity index (χ1) is 19.0. The number of aromatic nitrogens is 2. The molecule has 39 heavy (non-hydrogen) atoms. The van der Waals surface area contributed by atoms with Gasteiger partial charge in [-0.2, -0.15) is 8.78 Å². The minimum Gasteiger partial charge on any atom is -0.456 e. The second-order valence-electron chi connectivity index (χ2n) is 9.37. The first-order valence-electron chi connectivity index (χ1n) is 12.6. The molecule has 2 aromatic carbocycles. The van der Waals surface area contributed by atoms with Crippen LogP contribution in [0.25, 0.3) is 11.3 Å². The largest absolute Gasteiger partial charge is 0.456 e. The van der Waals surface area contributed by atoms with Crippen LogP contribution < -0.4 is 25.2 Å². The smallest absolute Gasteiger partial charge is 0.387 e. The van der Waals surface area contributed by atoms with Gasteiger partial charge in [-0.1, -0.05) is 12.1 Å². The van der Waals surface area contributed by atoms with Crippen molar-refractivity contribution in [2.45, 2.75) is 19.6 Å². The molecule has 8 nitrogen and oxygen atoms in total. The highest BCUT2D eigenvalue weighted by molar-refractivity contribution is 5.74. The standard InChI is InChI=1S/C29H26F2N4O4/c30-29(31)38-23-10-18(15-32-17-23)16-33-21-4-5-26-20(12-21)11-19-2-1-3-24(28(19)39-26)25-13-22(14-27(36)34-25)35-6-8-37-9-7-35/h1-5,10,12-15,17,29,33H,6-9,11,16H2,(H,34,36). The van der Waals surface area contributed by atoms with Crippen molar-refractivity contribution in [1.82, 2.24) is 9.97 Å². The average molecular weight is 533 g/mol. The number of benzene rings is 2. The summed E-state index contributed by atoms with van der Waals surface area (Å²) in [4.78, 5) is 21.6. The van der Waals surface area contributed by atoms with Crippen LogP contribution in [0.15, 0.2) is 71.8 Å². The molecular formula is C29H26F2N4O4. The normalized spacial score (nSPS) is 14.4. The SMILES string of the molecule is O=c1cc(N2CCOCC2)cc(-c2cccc3c2Oc2ccc(NCc4cncc(OC(F)F)c4)cc2C3)[nH]1. The summed E-state index contributed by atoms with van der Waals surface area (Å²) in [6.07, 6.45) is 3.51. The lowest BCUT2D eigenvalue weighted by molar-refractivity contribution is -0.0501. The van der Waals surface area contributed by atoms with E-state index in [0.717, 1.165) is 52.7 Å². The highest BCUT2D eigenvalue weighted by atomic mass is 19.3. The molecule has 0 bridgehead atoms. The van der Waals surface area contributed by atoms with Crippen molar-refractivity contribution >= 4 is 11.4 Å². The van der Waals surface area contributed by atoms with Gasteiger partial charge < -0.3 is 29.4 Å². The van der Waals surface area contributed by atoms with E-state index < -0.39 is 6.61 Å². The Morgan fingerprint density at radius 1 is 1.05 bits per heavy atom. The number of aromatic amines is 1. The number of nitrogens with one attached hydrogen (secondary N) is 2. The van der Waals surface area contributed by atoms with Crippen molar-refractivity contribution in [2.24, 2.45) is 0 Å². The van der Waals surface area contributed by atoms with Crippen molar-refractivity contribution in [3.05, 3.63) is 94.0 Å². The number of halogens is 2. The van der Waals surface area contributed by atoms with Gasteiger partial charge in [0, 0.05) is 60.8 Å². The fourth-order valence-electron chi connectivity index (χ4n) is 4.91. The predicted molar refractivity (Wildman–Crippen MR) is 143 cm³/mol. The first kappa shape index (κ1) is 24.9. The van der Waals surface area contributed by atoms with Crippen LogP contribution in [0.3, 0.4) is 0 Å². The molecule has 0 saturated carbocycles. The highest BCUT2D eigenvalue weighted by Crippen LogP contribution is 2.43. The Balaban J connectivity index is 1.22. The van der Waals surface area contributed by atoms with Gasteiger partial charge in [-0.15, -0.1) is 0 Å². The van der Waals surface area contributed by atoms with Gasteiger partial charge in [0.25, 0.3) is 0 Å². The monoisotopic (exact) mass is 532 g/mol. The van der Waals surface area contributed by atoms with Gasteiger partial charge >= 0.3 is 6.61 Å². The molecule has 4 aromatic rings. The van der Waals surface area contributed by atoms with E-state index >= 15 is 0 Å². The fraction of sp³-hybridized carbons (Fsp3) is 0.241. The molecule has 0 unspecified atom stereocenters. The number of fused-ring (bicyclic) bond motifs is 2. The molecule has 0 radical (unpaired) electrons. The molecule has 0 amide bonds. The zero-order valence-corrected chi connectivity index (χ0v) is 21.0. The van der Waals surface area contributed by atoms with E-state index in [9.17, 15) is 13.6 Å². The number of anilines is 2. The maximum Gasteiger partial charge on any atom is 0.387 e. The van der Waals surface area contributed by atoms with E-state index in [0.29, 0.717) is 37.4 Å². The number of H-pyrrole nitrogens is 1. The van der Waals surface area contributed by atoms with Gasteiger partial charge in [-0.25, -0.2) is 0 Å². The van der Waals surface area contributed by atoms with E-state index in [1.54, 1.807) is 12.3 Å². The summed E-state index contributed by atoms with van der Waals surface area (Å²) in [5.74, 6) is 1.48. The van der Waals surface area contributed by atoms with Crippen LogP contribution in [0.5, 0.6) is 17.2 Å². The molecule has 0 spiro atoms. The topological polar surface area (TPSA) is 88.7 Å². The maximum atomic E-state index is 12.6. The summed E-state index contributed by atoms with van der Waals surface area (Å²) >= 11 is 0. The van der Waals surface area contributed by atoms with Crippen LogP contribution in [-0.4, -0.2) is 42.9 Å². The number of pyridine rings is 2. The second kappa shape index (κ2) is 10.7. The Kier molecular flexibility index (Phi) is 6.85. The summed E-state index contributed by atoms with van der Waals surface area (Å²) < 4.78 is 41.3. The van der Waals surface area contributed by atoms with Gasteiger partial charge in [0.1, 0.15) is 17.2 Å². The van der Waals surface area contributed by atoms with Crippen LogP contribution in [0.4, 0.5) is 20.2 Å². The number of nitrogens with zero attached hydrogens (tertiary/aromatic N) is 2. The third kappa shape index (κ3) is 5.56. The van der Waals surface area contributed by atoms with Gasteiger partial charge in [0.05, 0.1) is 25.1 Å². The summed E-state index contributed by atoms with van der Waals surface area (Å²) in [5, 5.41) is 3.30. The van der Waals surface area contributed by atoms with Crippen LogP contribution in [0.1, 0.15) is 16.7 Å². The number of para-hydroxylation sites is 1. The van der Waals surface area contributed by atoms with Crippen LogP contribution in [-0.2, 0) is 17.7 Å². The number of morpholine rings is 1. The molecule has 0 atom stereocenters. The summed E-state index contributed by atoms with van der Waals surface area (Å²) in [6, 6.07) is 16.9. The molecule has 2 aromatic heterocycles. The lowest BCUT2D eigenvalue weighted by Gasteiger charge is -2.29. The molecule has 1 saturated heterocycles. The maximum absolute atomic E-state index is 12.6. The fourth-order valence-corrected chi connectivity index (χ4v) is 4.91. The summed E-state index contributed by atoms with van der Waals surface area (Å²) in [7, 11) is 0. The van der Waals surface area contributed by atoms with Crippen LogP contribution >= 0.6 is 0 Å².